The summed E-state index contributed by atoms with van der Waals surface area (Å²) in [7, 11) is 0. The van der Waals surface area contributed by atoms with Gasteiger partial charge in [-0.25, -0.2) is 4.79 Å². The zero-order valence-electron chi connectivity index (χ0n) is 13.1. The Hall–Kier alpha value is -2.64. The predicted octanol–water partition coefficient (Wildman–Crippen LogP) is 1.68. The van der Waals surface area contributed by atoms with Gasteiger partial charge in [0.25, 0.3) is 11.6 Å². The average molecular weight is 324 g/mol. The molecule has 126 valence electrons. The number of esters is 1. The second-order valence-corrected chi connectivity index (χ2v) is 5.23. The summed E-state index contributed by atoms with van der Waals surface area (Å²) >= 11 is 0. The standard InChI is InChI=1S/C15H20N2O6/c1-11(2)7-8-16-14(18)9-23-15(19)10-22-13-5-3-12(4-6-13)17(20)21/h3-6,11H,7-10H2,1-2H3,(H,16,18). The highest BCUT2D eigenvalue weighted by Crippen LogP contribution is 2.17. The largest absolute Gasteiger partial charge is 0.482 e. The van der Waals surface area contributed by atoms with E-state index in [0.717, 1.165) is 6.42 Å². The number of amides is 1. The lowest BCUT2D eigenvalue weighted by atomic mass is 10.1. The minimum atomic E-state index is -0.692. The van der Waals surface area contributed by atoms with Gasteiger partial charge in [0.2, 0.25) is 0 Å². The van der Waals surface area contributed by atoms with Crippen molar-refractivity contribution in [2.45, 2.75) is 20.3 Å². The molecule has 1 N–H and O–H groups in total. The molecular formula is C15H20N2O6. The number of nitro groups is 1. The van der Waals surface area contributed by atoms with Crippen LogP contribution in [0.3, 0.4) is 0 Å². The Morgan fingerprint density at radius 3 is 2.43 bits per heavy atom. The van der Waals surface area contributed by atoms with Crippen LogP contribution in [-0.2, 0) is 14.3 Å². The van der Waals surface area contributed by atoms with Crippen LogP contribution in [0.1, 0.15) is 20.3 Å². The summed E-state index contributed by atoms with van der Waals surface area (Å²) in [5, 5.41) is 13.1. The van der Waals surface area contributed by atoms with E-state index in [2.05, 4.69) is 5.32 Å². The minimum absolute atomic E-state index is 0.0713. The Labute approximate surface area is 133 Å². The van der Waals surface area contributed by atoms with E-state index in [1.807, 2.05) is 13.8 Å². The lowest BCUT2D eigenvalue weighted by Gasteiger charge is -2.08. The van der Waals surface area contributed by atoms with Crippen molar-refractivity contribution in [3.05, 3.63) is 34.4 Å². The number of hydrogen-bond acceptors (Lipinski definition) is 6. The van der Waals surface area contributed by atoms with E-state index in [-0.39, 0.29) is 24.8 Å². The predicted molar refractivity (Wildman–Crippen MR) is 82.0 cm³/mol. The summed E-state index contributed by atoms with van der Waals surface area (Å²) in [4.78, 5) is 32.8. The first kappa shape index (κ1) is 18.4. The van der Waals surface area contributed by atoms with Gasteiger partial charge in [-0.3, -0.25) is 14.9 Å². The van der Waals surface area contributed by atoms with Crippen molar-refractivity contribution in [3.8, 4) is 5.75 Å². The maximum absolute atomic E-state index is 11.4. The van der Waals surface area contributed by atoms with Crippen molar-refractivity contribution in [3.63, 3.8) is 0 Å². The molecule has 0 saturated heterocycles. The van der Waals surface area contributed by atoms with Crippen LogP contribution in [0.2, 0.25) is 0 Å². The average Bonchev–Trinajstić information content (AvgIpc) is 2.51. The molecule has 1 aromatic carbocycles. The molecule has 0 saturated carbocycles. The number of nitrogens with zero attached hydrogens (tertiary/aromatic N) is 1. The van der Waals surface area contributed by atoms with E-state index in [4.69, 9.17) is 9.47 Å². The summed E-state index contributed by atoms with van der Waals surface area (Å²) in [6, 6.07) is 5.29. The van der Waals surface area contributed by atoms with Gasteiger partial charge in [-0.15, -0.1) is 0 Å². The van der Waals surface area contributed by atoms with Gasteiger partial charge in [0, 0.05) is 18.7 Å². The van der Waals surface area contributed by atoms with Gasteiger partial charge in [0.15, 0.2) is 13.2 Å². The van der Waals surface area contributed by atoms with Crippen molar-refractivity contribution in [1.29, 1.82) is 0 Å². The zero-order chi connectivity index (χ0) is 17.2. The molecule has 0 spiro atoms. The highest BCUT2D eigenvalue weighted by Gasteiger charge is 2.09. The van der Waals surface area contributed by atoms with Crippen molar-refractivity contribution in [1.82, 2.24) is 5.32 Å². The summed E-state index contributed by atoms with van der Waals surface area (Å²) < 4.78 is 9.88. The van der Waals surface area contributed by atoms with Crippen LogP contribution < -0.4 is 10.1 Å². The van der Waals surface area contributed by atoms with Crippen LogP contribution >= 0.6 is 0 Å². The minimum Gasteiger partial charge on any atom is -0.482 e. The molecule has 1 amide bonds. The van der Waals surface area contributed by atoms with Crippen molar-refractivity contribution in [2.24, 2.45) is 5.92 Å². The van der Waals surface area contributed by atoms with E-state index >= 15 is 0 Å². The maximum atomic E-state index is 11.4. The van der Waals surface area contributed by atoms with Gasteiger partial charge in [0.05, 0.1) is 4.92 Å². The fourth-order valence-corrected chi connectivity index (χ4v) is 1.55. The Kier molecular flexibility index (Phi) is 7.52. The monoisotopic (exact) mass is 324 g/mol. The second kappa shape index (κ2) is 9.39. The second-order valence-electron chi connectivity index (χ2n) is 5.23. The number of carbonyl (C=O) groups excluding carboxylic acids is 2. The molecule has 0 aliphatic heterocycles. The topological polar surface area (TPSA) is 108 Å². The Morgan fingerprint density at radius 2 is 1.87 bits per heavy atom. The van der Waals surface area contributed by atoms with E-state index in [0.29, 0.717) is 18.2 Å². The van der Waals surface area contributed by atoms with Crippen molar-refractivity contribution < 1.29 is 24.0 Å². The third kappa shape index (κ3) is 7.79. The van der Waals surface area contributed by atoms with Crippen LogP contribution in [0.15, 0.2) is 24.3 Å². The summed E-state index contributed by atoms with van der Waals surface area (Å²) in [5.74, 6) is -0.279. The molecular weight excluding hydrogens is 304 g/mol. The lowest BCUT2D eigenvalue weighted by molar-refractivity contribution is -0.384. The van der Waals surface area contributed by atoms with Crippen LogP contribution in [0.4, 0.5) is 5.69 Å². The summed E-state index contributed by atoms with van der Waals surface area (Å²) in [6.07, 6.45) is 0.850. The van der Waals surface area contributed by atoms with Crippen LogP contribution in [-0.4, -0.2) is 36.6 Å². The number of non-ortho nitro benzene ring substituents is 1. The third-order valence-corrected chi connectivity index (χ3v) is 2.81. The fraction of sp³-hybridized carbons (Fsp3) is 0.467. The number of carbonyl (C=O) groups is 2. The van der Waals surface area contributed by atoms with Gasteiger partial charge >= 0.3 is 5.97 Å². The molecule has 0 heterocycles. The van der Waals surface area contributed by atoms with Gasteiger partial charge in [-0.2, -0.15) is 0 Å². The normalized spacial score (nSPS) is 10.2. The number of benzene rings is 1. The Bertz CT molecular complexity index is 541. The SMILES string of the molecule is CC(C)CCNC(=O)COC(=O)COc1ccc([N+](=O)[O-])cc1. The molecule has 1 rings (SSSR count). The molecule has 23 heavy (non-hydrogen) atoms. The molecule has 8 nitrogen and oxygen atoms in total. The molecule has 0 aliphatic rings. The van der Waals surface area contributed by atoms with E-state index in [1.165, 1.54) is 24.3 Å². The van der Waals surface area contributed by atoms with Crippen LogP contribution in [0.5, 0.6) is 5.75 Å². The van der Waals surface area contributed by atoms with Gasteiger partial charge in [0.1, 0.15) is 5.75 Å². The zero-order valence-corrected chi connectivity index (χ0v) is 13.1. The Balaban J connectivity index is 2.23. The molecule has 0 fully saturated rings. The van der Waals surface area contributed by atoms with Gasteiger partial charge in [-0.1, -0.05) is 13.8 Å². The van der Waals surface area contributed by atoms with Crippen LogP contribution in [0.25, 0.3) is 0 Å². The first-order valence-corrected chi connectivity index (χ1v) is 7.18. The number of hydrogen-bond donors (Lipinski definition) is 1. The molecule has 0 radical (unpaired) electrons. The van der Waals surface area contributed by atoms with Gasteiger partial charge in [-0.05, 0) is 24.5 Å². The molecule has 0 unspecified atom stereocenters. The number of nitro benzene ring substituents is 1. The quantitative estimate of drug-likeness (QED) is 0.420. The molecule has 1 aromatic rings. The third-order valence-electron chi connectivity index (χ3n) is 2.81. The molecule has 0 atom stereocenters. The van der Waals surface area contributed by atoms with Crippen molar-refractivity contribution in [2.75, 3.05) is 19.8 Å². The highest BCUT2D eigenvalue weighted by atomic mass is 16.6. The van der Waals surface area contributed by atoms with E-state index in [1.54, 1.807) is 0 Å². The summed E-state index contributed by atoms with van der Waals surface area (Å²) in [6.45, 7) is 3.88. The first-order valence-electron chi connectivity index (χ1n) is 7.18. The molecule has 0 aromatic heterocycles. The smallest absolute Gasteiger partial charge is 0.344 e. The fourth-order valence-electron chi connectivity index (χ4n) is 1.55. The first-order chi connectivity index (χ1) is 10.9. The number of rotatable bonds is 9. The molecule has 8 heteroatoms. The summed E-state index contributed by atoms with van der Waals surface area (Å²) in [5.41, 5.74) is -0.0713. The van der Waals surface area contributed by atoms with E-state index in [9.17, 15) is 19.7 Å². The van der Waals surface area contributed by atoms with Crippen molar-refractivity contribution >= 4 is 17.6 Å². The molecule has 0 bridgehead atoms. The Morgan fingerprint density at radius 1 is 1.22 bits per heavy atom. The lowest BCUT2D eigenvalue weighted by Crippen LogP contribution is -2.31. The van der Waals surface area contributed by atoms with Gasteiger partial charge < -0.3 is 14.8 Å². The molecule has 0 aliphatic carbocycles. The maximum Gasteiger partial charge on any atom is 0.344 e. The number of nitrogens with one attached hydrogen (secondary N) is 1. The highest BCUT2D eigenvalue weighted by molar-refractivity contribution is 5.80. The van der Waals surface area contributed by atoms with Crippen LogP contribution in [0, 0.1) is 16.0 Å². The van der Waals surface area contributed by atoms with E-state index < -0.39 is 10.9 Å². The number of ether oxygens (including phenoxy) is 2.